The summed E-state index contributed by atoms with van der Waals surface area (Å²) in [5.41, 5.74) is 0.661. The Hall–Kier alpha value is -0.0400. The van der Waals surface area contributed by atoms with E-state index < -0.39 is 0 Å². The van der Waals surface area contributed by atoms with Crippen molar-refractivity contribution in [3.8, 4) is 0 Å². The van der Waals surface area contributed by atoms with Crippen LogP contribution < -0.4 is 10.6 Å². The van der Waals surface area contributed by atoms with Crippen LogP contribution >= 0.6 is 46.6 Å². The van der Waals surface area contributed by atoms with Crippen LogP contribution in [0.5, 0.6) is 0 Å². The van der Waals surface area contributed by atoms with Crippen LogP contribution in [0.25, 0.3) is 0 Å². The van der Waals surface area contributed by atoms with Crippen molar-refractivity contribution in [3.63, 3.8) is 0 Å². The summed E-state index contributed by atoms with van der Waals surface area (Å²) in [6, 6.07) is 5.63. The molecule has 1 saturated heterocycles. The van der Waals surface area contributed by atoms with Crippen LogP contribution in [-0.4, -0.2) is 25.0 Å². The van der Waals surface area contributed by atoms with E-state index >= 15 is 0 Å². The van der Waals surface area contributed by atoms with E-state index in [1.54, 1.807) is 12.1 Å². The fourth-order valence-corrected chi connectivity index (χ4v) is 2.90. The molecule has 1 aliphatic heterocycles. The molecule has 2 atom stereocenters. The Labute approximate surface area is 138 Å². The number of piperidine rings is 1. The van der Waals surface area contributed by atoms with Gasteiger partial charge in [0.2, 0.25) is 0 Å². The van der Waals surface area contributed by atoms with E-state index in [4.69, 9.17) is 11.6 Å². The van der Waals surface area contributed by atoms with Gasteiger partial charge in [-0.05, 0) is 66.2 Å². The van der Waals surface area contributed by atoms with Crippen molar-refractivity contribution < 1.29 is 4.79 Å². The molecule has 3 nitrogen and oxygen atoms in total. The molecule has 0 saturated carbocycles. The lowest BCUT2D eigenvalue weighted by atomic mass is 9.95. The molecule has 0 bridgehead atoms. The van der Waals surface area contributed by atoms with Crippen LogP contribution in [0.2, 0.25) is 5.02 Å². The van der Waals surface area contributed by atoms with Gasteiger partial charge in [-0.25, -0.2) is 0 Å². The maximum atomic E-state index is 12.2. The molecular weight excluding hydrogens is 398 g/mol. The first kappa shape index (κ1) is 17.0. The zero-order valence-electron chi connectivity index (χ0n) is 10.6. The summed E-state index contributed by atoms with van der Waals surface area (Å²) < 4.78 is 0.927. The van der Waals surface area contributed by atoms with Crippen LogP contribution in [-0.2, 0) is 0 Å². The van der Waals surface area contributed by atoms with E-state index in [0.717, 1.165) is 23.1 Å². The van der Waals surface area contributed by atoms with Crippen LogP contribution in [0.1, 0.15) is 23.7 Å². The second-order valence-electron chi connectivity index (χ2n) is 4.67. The Morgan fingerprint density at radius 2 is 2.26 bits per heavy atom. The van der Waals surface area contributed by atoms with Crippen molar-refractivity contribution >= 4 is 52.5 Å². The number of hydrogen-bond donors (Lipinski definition) is 2. The minimum absolute atomic E-state index is 0. The molecule has 2 N–H and O–H groups in total. The average Bonchev–Trinajstić information content (AvgIpc) is 2.35. The number of amides is 1. The summed E-state index contributed by atoms with van der Waals surface area (Å²) >= 11 is 8.10. The van der Waals surface area contributed by atoms with Crippen LogP contribution in [0.3, 0.4) is 0 Å². The highest BCUT2D eigenvalue weighted by Gasteiger charge is 2.23. The number of hydrogen-bond acceptors (Lipinski definition) is 2. The first-order chi connectivity index (χ1) is 8.58. The van der Waals surface area contributed by atoms with E-state index in [1.165, 1.54) is 0 Å². The monoisotopic (exact) mass is 414 g/mol. The molecule has 19 heavy (non-hydrogen) atoms. The van der Waals surface area contributed by atoms with Gasteiger partial charge in [0.1, 0.15) is 0 Å². The van der Waals surface area contributed by atoms with Gasteiger partial charge in [0.05, 0.1) is 5.56 Å². The molecule has 0 spiro atoms. The summed E-state index contributed by atoms with van der Waals surface area (Å²) in [6.07, 6.45) is 0.976. The number of carbonyl (C=O) groups excluding carboxylic acids is 1. The Bertz CT molecular complexity index is 456. The maximum Gasteiger partial charge on any atom is 0.252 e. The third-order valence-corrected chi connectivity index (χ3v) is 4.45. The number of carbonyl (C=O) groups is 1. The Morgan fingerprint density at radius 1 is 1.53 bits per heavy atom. The molecule has 1 aromatic carbocycles. The van der Waals surface area contributed by atoms with Gasteiger partial charge in [-0.15, -0.1) is 12.4 Å². The molecule has 2 unspecified atom stereocenters. The van der Waals surface area contributed by atoms with Gasteiger partial charge in [0.15, 0.2) is 0 Å². The van der Waals surface area contributed by atoms with Crippen molar-refractivity contribution in [3.05, 3.63) is 32.4 Å². The lowest BCUT2D eigenvalue weighted by Crippen LogP contribution is -2.48. The molecule has 1 aliphatic rings. The van der Waals surface area contributed by atoms with Crippen LogP contribution in [0.15, 0.2) is 18.2 Å². The lowest BCUT2D eigenvalue weighted by molar-refractivity contribution is 0.0913. The highest BCUT2D eigenvalue weighted by Crippen LogP contribution is 2.19. The Kier molecular flexibility index (Phi) is 6.86. The van der Waals surface area contributed by atoms with Gasteiger partial charge >= 0.3 is 0 Å². The van der Waals surface area contributed by atoms with E-state index in [2.05, 4.69) is 40.1 Å². The first-order valence-electron chi connectivity index (χ1n) is 6.04. The zero-order valence-corrected chi connectivity index (χ0v) is 14.3. The topological polar surface area (TPSA) is 41.1 Å². The van der Waals surface area contributed by atoms with Gasteiger partial charge in [-0.1, -0.05) is 18.5 Å². The second-order valence-corrected chi connectivity index (χ2v) is 6.27. The molecule has 1 amide bonds. The molecule has 1 aromatic rings. The summed E-state index contributed by atoms with van der Waals surface area (Å²) in [5, 5.41) is 7.03. The lowest BCUT2D eigenvalue weighted by Gasteiger charge is -2.30. The van der Waals surface area contributed by atoms with Crippen molar-refractivity contribution in [1.29, 1.82) is 0 Å². The number of halogens is 3. The van der Waals surface area contributed by atoms with Crippen molar-refractivity contribution in [2.24, 2.45) is 5.92 Å². The van der Waals surface area contributed by atoms with Crippen molar-refractivity contribution in [1.82, 2.24) is 10.6 Å². The molecular formula is C13H17Cl2IN2O. The molecule has 1 fully saturated rings. The molecule has 1 heterocycles. The predicted molar refractivity (Wildman–Crippen MR) is 89.3 cm³/mol. The fourth-order valence-electron chi connectivity index (χ4n) is 2.15. The SMILES string of the molecule is CC1CNCCC1NC(=O)c1cc(Cl)ccc1I.Cl. The maximum absolute atomic E-state index is 12.2. The molecule has 0 aromatic heterocycles. The fraction of sp³-hybridized carbons (Fsp3) is 0.462. The highest BCUT2D eigenvalue weighted by atomic mass is 127. The molecule has 106 valence electrons. The minimum Gasteiger partial charge on any atom is -0.349 e. The average molecular weight is 415 g/mol. The molecule has 0 radical (unpaired) electrons. The van der Waals surface area contributed by atoms with Crippen LogP contribution in [0.4, 0.5) is 0 Å². The predicted octanol–water partition coefficient (Wildman–Crippen LogP) is 3.09. The molecule has 2 rings (SSSR count). The number of rotatable bonds is 2. The summed E-state index contributed by atoms with van der Waals surface area (Å²) in [5.74, 6) is 0.431. The van der Waals surface area contributed by atoms with Crippen molar-refractivity contribution in [2.75, 3.05) is 13.1 Å². The van der Waals surface area contributed by atoms with Gasteiger partial charge in [0, 0.05) is 14.6 Å². The largest absolute Gasteiger partial charge is 0.349 e. The first-order valence-corrected chi connectivity index (χ1v) is 7.50. The quantitative estimate of drug-likeness (QED) is 0.730. The van der Waals surface area contributed by atoms with E-state index in [1.807, 2.05) is 6.07 Å². The number of benzene rings is 1. The third kappa shape index (κ3) is 4.48. The van der Waals surface area contributed by atoms with E-state index in [9.17, 15) is 4.79 Å². The zero-order chi connectivity index (χ0) is 13.1. The standard InChI is InChI=1S/C13H16ClIN2O.ClH/c1-8-7-16-5-4-12(8)17-13(18)10-6-9(14)2-3-11(10)15;/h2-3,6,8,12,16H,4-5,7H2,1H3,(H,17,18);1H. The Morgan fingerprint density at radius 3 is 2.95 bits per heavy atom. The minimum atomic E-state index is -0.0272. The van der Waals surface area contributed by atoms with E-state index in [0.29, 0.717) is 16.5 Å². The van der Waals surface area contributed by atoms with Gasteiger partial charge < -0.3 is 10.6 Å². The van der Waals surface area contributed by atoms with E-state index in [-0.39, 0.29) is 24.4 Å². The normalized spacial score (nSPS) is 22.5. The molecule has 6 heteroatoms. The Balaban J connectivity index is 0.00000180. The summed E-state index contributed by atoms with van der Waals surface area (Å²) in [6.45, 7) is 4.07. The van der Waals surface area contributed by atoms with Crippen molar-refractivity contribution in [2.45, 2.75) is 19.4 Å². The van der Waals surface area contributed by atoms with Gasteiger partial charge in [-0.2, -0.15) is 0 Å². The number of nitrogens with one attached hydrogen (secondary N) is 2. The second kappa shape index (κ2) is 7.67. The summed E-state index contributed by atoms with van der Waals surface area (Å²) in [7, 11) is 0. The highest BCUT2D eigenvalue weighted by molar-refractivity contribution is 14.1. The summed E-state index contributed by atoms with van der Waals surface area (Å²) in [4.78, 5) is 12.2. The van der Waals surface area contributed by atoms with Gasteiger partial charge in [-0.3, -0.25) is 4.79 Å². The third-order valence-electron chi connectivity index (χ3n) is 3.27. The van der Waals surface area contributed by atoms with Gasteiger partial charge in [0.25, 0.3) is 5.91 Å². The smallest absolute Gasteiger partial charge is 0.252 e. The van der Waals surface area contributed by atoms with Crippen LogP contribution in [0, 0.1) is 9.49 Å². The molecule has 0 aliphatic carbocycles.